The summed E-state index contributed by atoms with van der Waals surface area (Å²) in [4.78, 5) is 24.2. The molecule has 0 spiro atoms. The van der Waals surface area contributed by atoms with Crippen LogP contribution in [0.2, 0.25) is 0 Å². The summed E-state index contributed by atoms with van der Waals surface area (Å²) >= 11 is 0. The molecule has 1 amide bonds. The van der Waals surface area contributed by atoms with Gasteiger partial charge in [-0.1, -0.05) is 48.5 Å². The van der Waals surface area contributed by atoms with E-state index in [2.05, 4.69) is 5.32 Å². The van der Waals surface area contributed by atoms with Gasteiger partial charge in [-0.25, -0.2) is 9.59 Å². The molecular formula is C22H27NO5. The maximum Gasteiger partial charge on any atom is 0.408 e. The Morgan fingerprint density at radius 1 is 1.00 bits per heavy atom. The number of aliphatic hydroxyl groups is 1. The standard InChI is InChI=1S/C22H27NO5/c1-22(2,3)28-21(26)23-19(16-10-6-4-7-11-16)18(24)14-15-27-20(25)17-12-8-5-9-13-17/h4-13,18-19,24H,14-15H2,1-3H3,(H,23,26). The zero-order valence-electron chi connectivity index (χ0n) is 16.4. The average molecular weight is 385 g/mol. The molecule has 0 bridgehead atoms. The smallest absolute Gasteiger partial charge is 0.408 e. The average Bonchev–Trinajstić information content (AvgIpc) is 2.66. The monoisotopic (exact) mass is 385 g/mol. The molecule has 0 radical (unpaired) electrons. The van der Waals surface area contributed by atoms with Crippen LogP contribution in [0, 0.1) is 0 Å². The molecule has 2 rings (SSSR count). The maximum atomic E-state index is 12.2. The topological polar surface area (TPSA) is 84.9 Å². The number of hydrogen-bond acceptors (Lipinski definition) is 5. The van der Waals surface area contributed by atoms with Crippen LogP contribution < -0.4 is 5.32 Å². The summed E-state index contributed by atoms with van der Waals surface area (Å²) in [6.45, 7) is 5.32. The Balaban J connectivity index is 1.98. The van der Waals surface area contributed by atoms with Gasteiger partial charge in [-0.05, 0) is 38.5 Å². The fourth-order valence-electron chi connectivity index (χ4n) is 2.59. The first-order valence-corrected chi connectivity index (χ1v) is 9.21. The molecule has 0 fully saturated rings. The lowest BCUT2D eigenvalue weighted by molar-refractivity contribution is 0.0296. The molecule has 6 heteroatoms. The van der Waals surface area contributed by atoms with Crippen LogP contribution in [-0.2, 0) is 9.47 Å². The molecular weight excluding hydrogens is 358 g/mol. The summed E-state index contributed by atoms with van der Waals surface area (Å²) in [6.07, 6.45) is -1.42. The third-order valence-corrected chi connectivity index (χ3v) is 3.87. The van der Waals surface area contributed by atoms with Crippen molar-refractivity contribution >= 4 is 12.1 Å². The first-order valence-electron chi connectivity index (χ1n) is 9.21. The van der Waals surface area contributed by atoms with Crippen LogP contribution in [0.15, 0.2) is 60.7 Å². The van der Waals surface area contributed by atoms with Crippen molar-refractivity contribution in [1.29, 1.82) is 0 Å². The van der Waals surface area contributed by atoms with Crippen molar-refractivity contribution in [3.63, 3.8) is 0 Å². The highest BCUT2D eigenvalue weighted by atomic mass is 16.6. The van der Waals surface area contributed by atoms with E-state index in [9.17, 15) is 14.7 Å². The molecule has 2 aromatic rings. The predicted octanol–water partition coefficient (Wildman–Crippen LogP) is 3.86. The van der Waals surface area contributed by atoms with Gasteiger partial charge in [-0.3, -0.25) is 0 Å². The lowest BCUT2D eigenvalue weighted by Gasteiger charge is -2.27. The second kappa shape index (κ2) is 9.90. The summed E-state index contributed by atoms with van der Waals surface area (Å²) in [6, 6.07) is 17.1. The number of carbonyl (C=O) groups excluding carboxylic acids is 2. The highest BCUT2D eigenvalue weighted by molar-refractivity contribution is 5.89. The number of rotatable bonds is 7. The summed E-state index contributed by atoms with van der Waals surface area (Å²) < 4.78 is 10.5. The molecule has 0 heterocycles. The van der Waals surface area contributed by atoms with Crippen LogP contribution >= 0.6 is 0 Å². The first-order chi connectivity index (χ1) is 13.3. The van der Waals surface area contributed by atoms with Crippen molar-refractivity contribution in [2.45, 2.75) is 44.9 Å². The highest BCUT2D eigenvalue weighted by Gasteiger charge is 2.26. The van der Waals surface area contributed by atoms with Crippen LogP contribution in [0.5, 0.6) is 0 Å². The van der Waals surface area contributed by atoms with Gasteiger partial charge in [-0.15, -0.1) is 0 Å². The van der Waals surface area contributed by atoms with Gasteiger partial charge in [0.25, 0.3) is 0 Å². The minimum absolute atomic E-state index is 0.0220. The number of hydrogen-bond donors (Lipinski definition) is 2. The largest absolute Gasteiger partial charge is 0.462 e. The van der Waals surface area contributed by atoms with Gasteiger partial charge >= 0.3 is 12.1 Å². The second-order valence-corrected chi connectivity index (χ2v) is 7.39. The minimum atomic E-state index is -0.960. The zero-order valence-corrected chi connectivity index (χ0v) is 16.4. The molecule has 150 valence electrons. The van der Waals surface area contributed by atoms with Gasteiger partial charge in [-0.2, -0.15) is 0 Å². The van der Waals surface area contributed by atoms with E-state index < -0.39 is 29.8 Å². The molecule has 2 unspecified atom stereocenters. The number of alkyl carbamates (subject to hydrolysis) is 1. The molecule has 0 saturated heterocycles. The lowest BCUT2D eigenvalue weighted by atomic mass is 9.99. The van der Waals surface area contributed by atoms with Gasteiger partial charge < -0.3 is 19.9 Å². The first kappa shape index (κ1) is 21.4. The maximum absolute atomic E-state index is 12.2. The van der Waals surface area contributed by atoms with Crippen molar-refractivity contribution in [2.75, 3.05) is 6.61 Å². The van der Waals surface area contributed by atoms with Crippen LogP contribution in [0.25, 0.3) is 0 Å². The van der Waals surface area contributed by atoms with Crippen molar-refractivity contribution < 1.29 is 24.2 Å². The summed E-state index contributed by atoms with van der Waals surface area (Å²) in [5, 5.41) is 13.3. The van der Waals surface area contributed by atoms with Crippen LogP contribution in [0.4, 0.5) is 4.79 Å². The number of aliphatic hydroxyl groups excluding tert-OH is 1. The van der Waals surface area contributed by atoms with Gasteiger partial charge in [0.1, 0.15) is 5.60 Å². The SMILES string of the molecule is CC(C)(C)OC(=O)NC(c1ccccc1)C(O)CCOC(=O)c1ccccc1. The van der Waals surface area contributed by atoms with Crippen molar-refractivity contribution in [2.24, 2.45) is 0 Å². The van der Waals surface area contributed by atoms with Gasteiger partial charge in [0, 0.05) is 6.42 Å². The molecule has 6 nitrogen and oxygen atoms in total. The van der Waals surface area contributed by atoms with E-state index in [4.69, 9.17) is 9.47 Å². The molecule has 0 saturated carbocycles. The molecule has 28 heavy (non-hydrogen) atoms. The third-order valence-electron chi connectivity index (χ3n) is 3.87. The normalized spacial score (nSPS) is 13.3. The Bertz CT molecular complexity index is 756. The molecule has 0 aromatic heterocycles. The quantitative estimate of drug-likeness (QED) is 0.707. The van der Waals surface area contributed by atoms with E-state index in [0.717, 1.165) is 5.56 Å². The Morgan fingerprint density at radius 3 is 2.14 bits per heavy atom. The van der Waals surface area contributed by atoms with E-state index in [0.29, 0.717) is 5.56 Å². The molecule has 2 atom stereocenters. The number of carbonyl (C=O) groups is 2. The molecule has 0 aliphatic rings. The lowest BCUT2D eigenvalue weighted by Crippen LogP contribution is -2.40. The molecule has 0 aliphatic heterocycles. The second-order valence-electron chi connectivity index (χ2n) is 7.39. The van der Waals surface area contributed by atoms with Crippen LogP contribution in [0.3, 0.4) is 0 Å². The number of amides is 1. The fourth-order valence-corrected chi connectivity index (χ4v) is 2.59. The zero-order chi connectivity index (χ0) is 20.6. The fraction of sp³-hybridized carbons (Fsp3) is 0.364. The summed E-state index contributed by atoms with van der Waals surface area (Å²) in [5.41, 5.74) is 0.528. The predicted molar refractivity (Wildman–Crippen MR) is 106 cm³/mol. The number of nitrogens with one attached hydrogen (secondary N) is 1. The van der Waals surface area contributed by atoms with E-state index in [1.807, 2.05) is 24.3 Å². The van der Waals surface area contributed by atoms with Crippen molar-refractivity contribution in [3.8, 4) is 0 Å². The Hall–Kier alpha value is -2.86. The van der Waals surface area contributed by atoms with E-state index in [1.165, 1.54) is 0 Å². The Kier molecular flexibility index (Phi) is 7.58. The van der Waals surface area contributed by atoms with Crippen LogP contribution in [-0.4, -0.2) is 35.5 Å². The van der Waals surface area contributed by atoms with Crippen molar-refractivity contribution in [1.82, 2.24) is 5.32 Å². The van der Waals surface area contributed by atoms with Crippen molar-refractivity contribution in [3.05, 3.63) is 71.8 Å². The molecule has 2 aromatic carbocycles. The molecule has 0 aliphatic carbocycles. The minimum Gasteiger partial charge on any atom is -0.462 e. The van der Waals surface area contributed by atoms with Gasteiger partial charge in [0.15, 0.2) is 0 Å². The Labute approximate surface area is 165 Å². The number of ether oxygens (including phenoxy) is 2. The summed E-state index contributed by atoms with van der Waals surface area (Å²) in [7, 11) is 0. The van der Waals surface area contributed by atoms with E-state index in [-0.39, 0.29) is 13.0 Å². The van der Waals surface area contributed by atoms with E-state index in [1.54, 1.807) is 57.2 Å². The molecule has 2 N–H and O–H groups in total. The number of benzene rings is 2. The van der Waals surface area contributed by atoms with Gasteiger partial charge in [0.2, 0.25) is 0 Å². The van der Waals surface area contributed by atoms with Crippen LogP contribution in [0.1, 0.15) is 49.2 Å². The third kappa shape index (κ3) is 7.04. The summed E-state index contributed by atoms with van der Waals surface area (Å²) in [5.74, 6) is -0.454. The Morgan fingerprint density at radius 2 is 1.57 bits per heavy atom. The highest BCUT2D eigenvalue weighted by Crippen LogP contribution is 2.20. The number of esters is 1. The van der Waals surface area contributed by atoms with Gasteiger partial charge in [0.05, 0.1) is 24.3 Å². The van der Waals surface area contributed by atoms with E-state index >= 15 is 0 Å².